The number of methoxy groups -OCH3 is 2. The molecule has 0 amide bonds. The quantitative estimate of drug-likeness (QED) is 0.610. The average molecular weight is 214 g/mol. The molecule has 0 saturated carbocycles. The summed E-state index contributed by atoms with van der Waals surface area (Å²) in [5.41, 5.74) is 0. The molecule has 0 saturated heterocycles. The molecule has 0 bridgehead atoms. The van der Waals surface area contributed by atoms with E-state index in [4.69, 9.17) is 9.47 Å². The molecule has 0 fully saturated rings. The van der Waals surface area contributed by atoms with Gasteiger partial charge in [-0.15, -0.1) is 0 Å². The fourth-order valence-corrected chi connectivity index (χ4v) is 1.01. The van der Waals surface area contributed by atoms with E-state index in [1.54, 1.807) is 13.3 Å². The molecular formula is C6H7AsN2O2. The Bertz CT molecular complexity index is 254. The second kappa shape index (κ2) is 3.58. The Morgan fingerprint density at radius 1 is 1.36 bits per heavy atom. The molecule has 1 heterocycles. The molecule has 1 aromatic heterocycles. The standard InChI is InChI=1S/C6H7AsN2O2/c1-10-5-4(7)3-8-6(9-5)11-2/h3H,1-2H3. The molecule has 0 aliphatic heterocycles. The van der Waals surface area contributed by atoms with Crippen LogP contribution in [0.25, 0.3) is 0 Å². The van der Waals surface area contributed by atoms with Crippen molar-refractivity contribution in [2.75, 3.05) is 14.2 Å². The minimum atomic E-state index is 0.316. The summed E-state index contributed by atoms with van der Waals surface area (Å²) in [7, 11) is 3.07. The van der Waals surface area contributed by atoms with Gasteiger partial charge >= 0.3 is 73.0 Å². The van der Waals surface area contributed by atoms with Crippen LogP contribution in [-0.2, 0) is 0 Å². The first kappa shape index (κ1) is 8.34. The van der Waals surface area contributed by atoms with Crippen molar-refractivity contribution in [3.8, 4) is 11.9 Å². The zero-order chi connectivity index (χ0) is 8.27. The van der Waals surface area contributed by atoms with Gasteiger partial charge in [-0.1, -0.05) is 0 Å². The Hall–Kier alpha value is -0.762. The zero-order valence-electron chi connectivity index (χ0n) is 6.24. The van der Waals surface area contributed by atoms with Gasteiger partial charge in [0.15, 0.2) is 0 Å². The molecule has 0 N–H and O–H groups in total. The number of ether oxygens (including phenoxy) is 2. The van der Waals surface area contributed by atoms with Crippen LogP contribution >= 0.6 is 0 Å². The van der Waals surface area contributed by atoms with Crippen molar-refractivity contribution in [3.05, 3.63) is 6.20 Å². The Morgan fingerprint density at radius 3 is 2.64 bits per heavy atom. The molecule has 5 heteroatoms. The van der Waals surface area contributed by atoms with Crippen molar-refractivity contribution in [2.45, 2.75) is 0 Å². The molecule has 1 rings (SSSR count). The van der Waals surface area contributed by atoms with Crippen molar-refractivity contribution < 1.29 is 9.47 Å². The maximum absolute atomic E-state index is 4.94. The Balaban J connectivity index is 3.02. The Labute approximate surface area is 73.4 Å². The Morgan fingerprint density at radius 2 is 2.09 bits per heavy atom. The zero-order valence-corrected chi connectivity index (χ0v) is 8.11. The topological polar surface area (TPSA) is 44.2 Å². The van der Waals surface area contributed by atoms with Crippen molar-refractivity contribution >= 4 is 21.2 Å². The van der Waals surface area contributed by atoms with Gasteiger partial charge in [-0.05, 0) is 0 Å². The number of rotatable bonds is 2. The number of hydrogen-bond donors (Lipinski definition) is 0. The van der Waals surface area contributed by atoms with Crippen LogP contribution in [0.1, 0.15) is 0 Å². The summed E-state index contributed by atoms with van der Waals surface area (Å²) in [5.74, 6) is 0.525. The van der Waals surface area contributed by atoms with E-state index in [1.807, 2.05) is 0 Å². The fraction of sp³-hybridized carbons (Fsp3) is 0.333. The normalized spacial score (nSPS) is 9.36. The molecule has 0 atom stereocenters. The van der Waals surface area contributed by atoms with Crippen LogP contribution in [-0.4, -0.2) is 41.0 Å². The maximum atomic E-state index is 4.94. The van der Waals surface area contributed by atoms with Gasteiger partial charge in [-0.3, -0.25) is 0 Å². The van der Waals surface area contributed by atoms with Gasteiger partial charge in [0.2, 0.25) is 0 Å². The van der Waals surface area contributed by atoms with E-state index >= 15 is 0 Å². The second-order valence-electron chi connectivity index (χ2n) is 1.75. The number of hydrogen-bond acceptors (Lipinski definition) is 4. The van der Waals surface area contributed by atoms with E-state index < -0.39 is 0 Å². The summed E-state index contributed by atoms with van der Waals surface area (Å²) in [5, 5.41) is 0. The third-order valence-electron chi connectivity index (χ3n) is 1.09. The summed E-state index contributed by atoms with van der Waals surface area (Å²) in [6.45, 7) is 0. The van der Waals surface area contributed by atoms with E-state index in [0.717, 1.165) is 4.35 Å². The van der Waals surface area contributed by atoms with Crippen molar-refractivity contribution in [2.24, 2.45) is 0 Å². The van der Waals surface area contributed by atoms with Crippen LogP contribution in [0.5, 0.6) is 11.9 Å². The van der Waals surface area contributed by atoms with Crippen LogP contribution in [0.2, 0.25) is 0 Å². The van der Waals surface area contributed by atoms with E-state index in [2.05, 4.69) is 26.8 Å². The predicted octanol–water partition coefficient (Wildman–Crippen LogP) is -0.712. The molecule has 0 spiro atoms. The molecule has 0 aromatic carbocycles. The van der Waals surface area contributed by atoms with E-state index in [9.17, 15) is 0 Å². The van der Waals surface area contributed by atoms with Gasteiger partial charge in [-0.25, -0.2) is 0 Å². The molecule has 2 radical (unpaired) electrons. The van der Waals surface area contributed by atoms with Crippen LogP contribution in [0.3, 0.4) is 0 Å². The monoisotopic (exact) mass is 214 g/mol. The van der Waals surface area contributed by atoms with Gasteiger partial charge in [0, 0.05) is 0 Å². The fourth-order valence-electron chi connectivity index (χ4n) is 0.593. The molecular weight excluding hydrogens is 207 g/mol. The minimum absolute atomic E-state index is 0.316. The van der Waals surface area contributed by atoms with Gasteiger partial charge in [0.25, 0.3) is 0 Å². The summed E-state index contributed by atoms with van der Waals surface area (Å²) >= 11 is 2.32. The number of nitrogens with zero attached hydrogens (tertiary/aromatic N) is 2. The molecule has 11 heavy (non-hydrogen) atoms. The van der Waals surface area contributed by atoms with Crippen molar-refractivity contribution in [1.82, 2.24) is 9.97 Å². The third kappa shape index (κ3) is 1.84. The number of aromatic nitrogens is 2. The summed E-state index contributed by atoms with van der Waals surface area (Å²) < 4.78 is 10.6. The van der Waals surface area contributed by atoms with Crippen molar-refractivity contribution in [3.63, 3.8) is 0 Å². The van der Waals surface area contributed by atoms with Crippen LogP contribution in [0.15, 0.2) is 6.20 Å². The Kier molecular flexibility index (Phi) is 2.71. The average Bonchev–Trinajstić information content (AvgIpc) is 2.05. The first-order valence-corrected chi connectivity index (χ1v) is 3.85. The van der Waals surface area contributed by atoms with Gasteiger partial charge in [-0.2, -0.15) is 0 Å². The molecule has 1 aromatic rings. The molecule has 58 valence electrons. The predicted molar refractivity (Wildman–Crippen MR) is 40.5 cm³/mol. The van der Waals surface area contributed by atoms with Gasteiger partial charge in [0.1, 0.15) is 0 Å². The molecule has 0 unspecified atom stereocenters. The van der Waals surface area contributed by atoms with Crippen LogP contribution in [0, 0.1) is 0 Å². The van der Waals surface area contributed by atoms with E-state index in [0.29, 0.717) is 11.9 Å². The molecule has 0 aliphatic carbocycles. The van der Waals surface area contributed by atoms with Crippen LogP contribution in [0.4, 0.5) is 0 Å². The molecule has 0 aliphatic rings. The third-order valence-corrected chi connectivity index (χ3v) is 1.73. The second-order valence-corrected chi connectivity index (χ2v) is 2.76. The summed E-state index contributed by atoms with van der Waals surface area (Å²) in [4.78, 5) is 7.81. The van der Waals surface area contributed by atoms with E-state index in [-0.39, 0.29) is 0 Å². The first-order valence-electron chi connectivity index (χ1n) is 2.92. The van der Waals surface area contributed by atoms with Gasteiger partial charge in [0.05, 0.1) is 0 Å². The van der Waals surface area contributed by atoms with E-state index in [1.165, 1.54) is 7.11 Å². The first-order chi connectivity index (χ1) is 5.27. The van der Waals surface area contributed by atoms with Gasteiger partial charge < -0.3 is 0 Å². The SMILES string of the molecule is COc1ncc([As])c(OC)n1. The summed E-state index contributed by atoms with van der Waals surface area (Å²) in [6, 6.07) is 0.316. The van der Waals surface area contributed by atoms with Crippen LogP contribution < -0.4 is 13.8 Å². The molecule has 4 nitrogen and oxygen atoms in total. The summed E-state index contributed by atoms with van der Waals surface area (Å²) in [6.07, 6.45) is 1.63. The van der Waals surface area contributed by atoms with Crippen molar-refractivity contribution in [1.29, 1.82) is 0 Å².